The number of fused-ring (bicyclic) bond motifs is 2. The Morgan fingerprint density at radius 2 is 1.83 bits per heavy atom. The number of H-pyrrole nitrogens is 1. The zero-order valence-electron chi connectivity index (χ0n) is 15.5. The van der Waals surface area contributed by atoms with E-state index in [0.29, 0.717) is 22.0 Å². The molecule has 0 saturated heterocycles. The highest BCUT2D eigenvalue weighted by Gasteiger charge is 2.12. The van der Waals surface area contributed by atoms with Crippen LogP contribution in [0.5, 0.6) is 5.75 Å². The number of methoxy groups -OCH3 is 1. The maximum Gasteiger partial charge on any atom is 0.230 e. The minimum absolute atomic E-state index is 0.462. The van der Waals surface area contributed by atoms with Crippen LogP contribution in [-0.4, -0.2) is 17.1 Å². The third-order valence-electron chi connectivity index (χ3n) is 4.66. The number of hydrogen-bond acceptors (Lipinski definition) is 4. The Balaban J connectivity index is 1.79. The fourth-order valence-electron chi connectivity index (χ4n) is 3.20. The van der Waals surface area contributed by atoms with Gasteiger partial charge in [0.05, 0.1) is 29.4 Å². The molecule has 0 spiro atoms. The van der Waals surface area contributed by atoms with Gasteiger partial charge in [0, 0.05) is 10.4 Å². The van der Waals surface area contributed by atoms with E-state index >= 15 is 0 Å². The molecule has 2 aromatic heterocycles. The number of benzene rings is 3. The van der Waals surface area contributed by atoms with Crippen LogP contribution in [0.15, 0.2) is 82.2 Å². The number of nitrogens with one attached hydrogen (secondary N) is 1. The molecule has 0 aliphatic heterocycles. The molecule has 0 fully saturated rings. The van der Waals surface area contributed by atoms with E-state index in [4.69, 9.17) is 30.7 Å². The lowest BCUT2D eigenvalue weighted by molar-refractivity contribution is 0.415. The van der Waals surface area contributed by atoms with E-state index in [1.54, 1.807) is 19.2 Å². The number of aromatic nitrogens is 2. The van der Waals surface area contributed by atoms with E-state index in [1.165, 1.54) is 0 Å². The van der Waals surface area contributed by atoms with Crippen molar-refractivity contribution in [1.82, 2.24) is 9.97 Å². The van der Waals surface area contributed by atoms with Crippen molar-refractivity contribution in [1.29, 1.82) is 0 Å². The molecular formula is C23H16ClN3O2. The molecule has 29 heavy (non-hydrogen) atoms. The Labute approximate surface area is 171 Å². The van der Waals surface area contributed by atoms with Crippen LogP contribution in [0.4, 0.5) is 5.69 Å². The normalized spacial score (nSPS) is 12.0. The lowest BCUT2D eigenvalue weighted by Crippen LogP contribution is -2.06. The summed E-state index contributed by atoms with van der Waals surface area (Å²) < 4.78 is 11.5. The summed E-state index contributed by atoms with van der Waals surface area (Å²) in [6.45, 7) is 0. The Kier molecular flexibility index (Phi) is 4.30. The average Bonchev–Trinajstić information content (AvgIpc) is 3.18. The van der Waals surface area contributed by atoms with Gasteiger partial charge in [0.15, 0.2) is 0 Å². The summed E-state index contributed by atoms with van der Waals surface area (Å²) >= 11 is 6.00. The predicted molar refractivity (Wildman–Crippen MR) is 115 cm³/mol. The monoisotopic (exact) mass is 401 g/mol. The first-order valence-corrected chi connectivity index (χ1v) is 9.45. The van der Waals surface area contributed by atoms with Crippen molar-refractivity contribution in [2.45, 2.75) is 0 Å². The van der Waals surface area contributed by atoms with Crippen LogP contribution in [0, 0.1) is 0 Å². The lowest BCUT2D eigenvalue weighted by atomic mass is 10.1. The molecule has 0 amide bonds. The second-order valence-electron chi connectivity index (χ2n) is 6.56. The van der Waals surface area contributed by atoms with Gasteiger partial charge in [0.25, 0.3) is 0 Å². The van der Waals surface area contributed by atoms with Gasteiger partial charge in [-0.2, -0.15) is 0 Å². The molecule has 0 radical (unpaired) electrons. The Hall–Kier alpha value is -3.57. The van der Waals surface area contributed by atoms with E-state index in [1.807, 2.05) is 60.7 Å². The van der Waals surface area contributed by atoms with Crippen LogP contribution in [0.25, 0.3) is 33.4 Å². The van der Waals surface area contributed by atoms with Crippen LogP contribution >= 0.6 is 11.6 Å². The maximum absolute atomic E-state index is 6.16. The molecule has 1 N–H and O–H groups in total. The highest BCUT2D eigenvalue weighted by molar-refractivity contribution is 6.30. The van der Waals surface area contributed by atoms with Gasteiger partial charge < -0.3 is 14.1 Å². The van der Waals surface area contributed by atoms with Gasteiger partial charge in [-0.1, -0.05) is 23.7 Å². The second-order valence-corrected chi connectivity index (χ2v) is 7.00. The molecule has 2 heterocycles. The summed E-state index contributed by atoms with van der Waals surface area (Å²) in [6.07, 6.45) is 0. The summed E-state index contributed by atoms with van der Waals surface area (Å²) in [4.78, 5) is 12.8. The third-order valence-corrected chi connectivity index (χ3v) is 4.91. The fourth-order valence-corrected chi connectivity index (χ4v) is 3.33. The molecule has 5 rings (SSSR count). The molecule has 0 saturated carbocycles. The lowest BCUT2D eigenvalue weighted by Gasteiger charge is -2.05. The van der Waals surface area contributed by atoms with Crippen molar-refractivity contribution in [2.24, 2.45) is 4.99 Å². The first-order valence-electron chi connectivity index (χ1n) is 9.07. The van der Waals surface area contributed by atoms with Gasteiger partial charge in [-0.25, -0.2) is 9.98 Å². The van der Waals surface area contributed by atoms with E-state index in [9.17, 15) is 0 Å². The summed E-state index contributed by atoms with van der Waals surface area (Å²) in [5, 5.41) is 1.55. The van der Waals surface area contributed by atoms with Crippen molar-refractivity contribution in [2.75, 3.05) is 7.11 Å². The van der Waals surface area contributed by atoms with Gasteiger partial charge in [-0.05, 0) is 60.7 Å². The fraction of sp³-hybridized carbons (Fsp3) is 0.0435. The molecule has 0 unspecified atom stereocenters. The number of halogens is 1. The first-order chi connectivity index (χ1) is 14.2. The van der Waals surface area contributed by atoms with E-state index in [0.717, 1.165) is 33.4 Å². The Bertz CT molecular complexity index is 1370. The van der Waals surface area contributed by atoms with Crippen molar-refractivity contribution in [3.8, 4) is 17.1 Å². The topological polar surface area (TPSA) is 63.4 Å². The standard InChI is InChI=1S/C23H16ClN3O2/c1-28-17-10-11-21-14(12-17)13-18(22-26-19-4-2-3-5-20(19)27-22)23(29-21)25-16-8-6-15(24)7-9-16/h2-13H,1H3,(H,26,27). The minimum atomic E-state index is 0.462. The number of hydrogen-bond donors (Lipinski definition) is 1. The smallest absolute Gasteiger partial charge is 0.230 e. The first kappa shape index (κ1) is 17.5. The molecule has 3 aromatic carbocycles. The number of imidazole rings is 1. The van der Waals surface area contributed by atoms with Gasteiger partial charge in [-0.3, -0.25) is 0 Å². The van der Waals surface area contributed by atoms with Crippen molar-refractivity contribution in [3.05, 3.63) is 83.4 Å². The van der Waals surface area contributed by atoms with Gasteiger partial charge in [-0.15, -0.1) is 0 Å². The summed E-state index contributed by atoms with van der Waals surface area (Å²) in [7, 11) is 1.64. The minimum Gasteiger partial charge on any atom is -0.497 e. The molecule has 6 heteroatoms. The Morgan fingerprint density at radius 3 is 2.62 bits per heavy atom. The summed E-state index contributed by atoms with van der Waals surface area (Å²) in [5.41, 5.74) is 4.50. The van der Waals surface area contributed by atoms with Crippen molar-refractivity contribution < 1.29 is 9.15 Å². The predicted octanol–water partition coefficient (Wildman–Crippen LogP) is 5.87. The Morgan fingerprint density at radius 1 is 1.00 bits per heavy atom. The number of rotatable bonds is 3. The van der Waals surface area contributed by atoms with Crippen LogP contribution in [-0.2, 0) is 0 Å². The largest absolute Gasteiger partial charge is 0.497 e. The van der Waals surface area contributed by atoms with Crippen LogP contribution in [0.2, 0.25) is 5.02 Å². The van der Waals surface area contributed by atoms with Gasteiger partial charge in [0.2, 0.25) is 5.55 Å². The number of nitrogens with zero attached hydrogens (tertiary/aromatic N) is 2. The number of para-hydroxylation sites is 2. The van der Waals surface area contributed by atoms with Crippen LogP contribution < -0.4 is 10.3 Å². The summed E-state index contributed by atoms with van der Waals surface area (Å²) in [6, 6.07) is 22.8. The average molecular weight is 402 g/mol. The number of aromatic amines is 1. The molecular weight excluding hydrogens is 386 g/mol. The molecule has 0 bridgehead atoms. The highest BCUT2D eigenvalue weighted by atomic mass is 35.5. The zero-order chi connectivity index (χ0) is 19.8. The maximum atomic E-state index is 6.16. The van der Waals surface area contributed by atoms with E-state index in [-0.39, 0.29) is 0 Å². The quantitative estimate of drug-likeness (QED) is 0.411. The molecule has 0 aliphatic rings. The van der Waals surface area contributed by atoms with E-state index < -0.39 is 0 Å². The molecule has 0 atom stereocenters. The van der Waals surface area contributed by atoms with Gasteiger partial charge in [0.1, 0.15) is 17.2 Å². The van der Waals surface area contributed by atoms with Crippen LogP contribution in [0.3, 0.4) is 0 Å². The second kappa shape index (κ2) is 7.11. The van der Waals surface area contributed by atoms with Gasteiger partial charge >= 0.3 is 0 Å². The van der Waals surface area contributed by atoms with Crippen LogP contribution in [0.1, 0.15) is 0 Å². The number of ether oxygens (including phenoxy) is 1. The van der Waals surface area contributed by atoms with Crippen molar-refractivity contribution >= 4 is 39.3 Å². The highest BCUT2D eigenvalue weighted by Crippen LogP contribution is 2.25. The molecule has 0 aliphatic carbocycles. The van der Waals surface area contributed by atoms with E-state index in [2.05, 4.69) is 4.98 Å². The molecule has 5 nitrogen and oxygen atoms in total. The molecule has 5 aromatic rings. The zero-order valence-corrected chi connectivity index (χ0v) is 16.3. The van der Waals surface area contributed by atoms with Crippen molar-refractivity contribution in [3.63, 3.8) is 0 Å². The summed E-state index contributed by atoms with van der Waals surface area (Å²) in [5.74, 6) is 1.44. The third kappa shape index (κ3) is 3.37. The SMILES string of the molecule is COc1ccc2oc(=Nc3ccc(Cl)cc3)c(-c3nc4ccccc4[nH]3)cc2c1. The molecule has 142 valence electrons.